The minimum Gasteiger partial charge on any atom is -0.264 e. The van der Waals surface area contributed by atoms with E-state index in [4.69, 9.17) is 0 Å². The number of aromatic nitrogens is 1. The summed E-state index contributed by atoms with van der Waals surface area (Å²) in [7, 11) is 0. The molecule has 0 aliphatic heterocycles. The second kappa shape index (κ2) is 4.29. The molecule has 0 amide bonds. The van der Waals surface area contributed by atoms with Gasteiger partial charge >= 0.3 is 0 Å². The minimum atomic E-state index is 0.898. The van der Waals surface area contributed by atoms with Crippen molar-refractivity contribution in [2.75, 3.05) is 5.33 Å². The van der Waals surface area contributed by atoms with Gasteiger partial charge in [0.05, 0.1) is 0 Å². The lowest BCUT2D eigenvalue weighted by molar-refractivity contribution is 1.26. The molecule has 11 heavy (non-hydrogen) atoms. The van der Waals surface area contributed by atoms with Gasteiger partial charge in [0.2, 0.25) is 0 Å². The lowest BCUT2D eigenvalue weighted by Gasteiger charge is -1.95. The number of pyridine rings is 1. The fourth-order valence-electron chi connectivity index (χ4n) is 0.843. The van der Waals surface area contributed by atoms with Crippen LogP contribution in [0.1, 0.15) is 11.1 Å². The molecule has 1 nitrogen and oxygen atoms in total. The van der Waals surface area contributed by atoms with Gasteiger partial charge in [-0.1, -0.05) is 28.1 Å². The molecular formula is C9H10BrN. The first kappa shape index (κ1) is 8.47. The van der Waals surface area contributed by atoms with Gasteiger partial charge in [-0.25, -0.2) is 0 Å². The number of hydrogen-bond donors (Lipinski definition) is 0. The smallest absolute Gasteiger partial charge is 0.0303 e. The molecule has 1 aromatic heterocycles. The second-order valence-electron chi connectivity index (χ2n) is 2.29. The van der Waals surface area contributed by atoms with Crippen LogP contribution in [0.25, 0.3) is 6.08 Å². The maximum atomic E-state index is 4.01. The van der Waals surface area contributed by atoms with Crippen LogP contribution in [0, 0.1) is 6.92 Å². The molecule has 0 saturated carbocycles. The van der Waals surface area contributed by atoms with Crippen LogP contribution in [0.4, 0.5) is 0 Å². The van der Waals surface area contributed by atoms with Crippen LogP contribution in [-0.2, 0) is 0 Å². The molecular weight excluding hydrogens is 202 g/mol. The van der Waals surface area contributed by atoms with Crippen molar-refractivity contribution >= 4 is 22.0 Å². The standard InChI is InChI=1S/C9H10BrN/c1-8-7-11-6-4-9(8)3-2-5-10/h2-4,6-7H,5H2,1H3. The third-order valence-corrected chi connectivity index (χ3v) is 1.82. The number of aryl methyl sites for hydroxylation is 1. The van der Waals surface area contributed by atoms with Crippen molar-refractivity contribution in [1.29, 1.82) is 0 Å². The first-order valence-corrected chi connectivity index (χ1v) is 4.60. The summed E-state index contributed by atoms with van der Waals surface area (Å²) in [5.74, 6) is 0. The number of hydrogen-bond acceptors (Lipinski definition) is 1. The Morgan fingerprint density at radius 3 is 3.09 bits per heavy atom. The maximum Gasteiger partial charge on any atom is 0.0303 e. The fraction of sp³-hybridized carbons (Fsp3) is 0.222. The predicted molar refractivity (Wildman–Crippen MR) is 51.8 cm³/mol. The molecule has 0 fully saturated rings. The first-order valence-electron chi connectivity index (χ1n) is 3.47. The Hall–Kier alpha value is -0.630. The first-order chi connectivity index (χ1) is 5.34. The molecule has 0 bridgehead atoms. The molecule has 0 aromatic carbocycles. The topological polar surface area (TPSA) is 12.9 Å². The number of alkyl halides is 1. The second-order valence-corrected chi connectivity index (χ2v) is 2.94. The fourth-order valence-corrected chi connectivity index (χ4v) is 1.03. The van der Waals surface area contributed by atoms with E-state index >= 15 is 0 Å². The highest BCUT2D eigenvalue weighted by Crippen LogP contribution is 2.06. The summed E-state index contributed by atoms with van der Waals surface area (Å²) in [6.07, 6.45) is 7.84. The van der Waals surface area contributed by atoms with Crippen LogP contribution in [-0.4, -0.2) is 10.3 Å². The average molecular weight is 212 g/mol. The Labute approximate surface area is 75.3 Å². The summed E-state index contributed by atoms with van der Waals surface area (Å²) in [4.78, 5) is 4.01. The van der Waals surface area contributed by atoms with E-state index in [0.717, 1.165) is 5.33 Å². The van der Waals surface area contributed by atoms with E-state index in [1.54, 1.807) is 6.20 Å². The largest absolute Gasteiger partial charge is 0.264 e. The molecule has 0 aliphatic carbocycles. The number of nitrogens with zero attached hydrogens (tertiary/aromatic N) is 1. The molecule has 0 aliphatic rings. The van der Waals surface area contributed by atoms with Crippen LogP contribution in [0.5, 0.6) is 0 Å². The number of allylic oxidation sites excluding steroid dienone is 1. The molecule has 1 rings (SSSR count). The van der Waals surface area contributed by atoms with Crippen LogP contribution in [0.15, 0.2) is 24.5 Å². The van der Waals surface area contributed by atoms with Gasteiger partial charge in [0.15, 0.2) is 0 Å². The summed E-state index contributed by atoms with van der Waals surface area (Å²) in [6, 6.07) is 2.01. The van der Waals surface area contributed by atoms with E-state index in [2.05, 4.69) is 40.0 Å². The van der Waals surface area contributed by atoms with Crippen LogP contribution >= 0.6 is 15.9 Å². The Kier molecular flexibility index (Phi) is 3.30. The van der Waals surface area contributed by atoms with E-state index < -0.39 is 0 Å². The summed E-state index contributed by atoms with van der Waals surface area (Å²) in [5.41, 5.74) is 2.45. The number of rotatable bonds is 2. The normalized spacial score (nSPS) is 10.7. The van der Waals surface area contributed by atoms with Gasteiger partial charge in [-0.15, -0.1) is 0 Å². The van der Waals surface area contributed by atoms with E-state index in [1.807, 2.05) is 12.3 Å². The highest BCUT2D eigenvalue weighted by Gasteiger charge is 1.89. The highest BCUT2D eigenvalue weighted by atomic mass is 79.9. The Bertz CT molecular complexity index is 255. The monoisotopic (exact) mass is 211 g/mol. The van der Waals surface area contributed by atoms with Crippen molar-refractivity contribution in [3.8, 4) is 0 Å². The quantitative estimate of drug-likeness (QED) is 0.687. The zero-order valence-electron chi connectivity index (χ0n) is 6.42. The van der Waals surface area contributed by atoms with Gasteiger partial charge in [-0.05, 0) is 24.1 Å². The number of halogens is 1. The van der Waals surface area contributed by atoms with Crippen LogP contribution < -0.4 is 0 Å². The van der Waals surface area contributed by atoms with Gasteiger partial charge < -0.3 is 0 Å². The molecule has 1 aromatic rings. The third kappa shape index (κ3) is 2.46. The van der Waals surface area contributed by atoms with E-state index in [0.29, 0.717) is 0 Å². The summed E-state index contributed by atoms with van der Waals surface area (Å²) in [6.45, 7) is 2.06. The van der Waals surface area contributed by atoms with Gasteiger partial charge in [0, 0.05) is 17.7 Å². The van der Waals surface area contributed by atoms with Crippen molar-refractivity contribution in [3.63, 3.8) is 0 Å². The van der Waals surface area contributed by atoms with Crippen molar-refractivity contribution in [2.45, 2.75) is 6.92 Å². The van der Waals surface area contributed by atoms with Gasteiger partial charge in [-0.2, -0.15) is 0 Å². The van der Waals surface area contributed by atoms with Crippen molar-refractivity contribution in [3.05, 3.63) is 35.7 Å². The molecule has 2 heteroatoms. The molecule has 0 unspecified atom stereocenters. The highest BCUT2D eigenvalue weighted by molar-refractivity contribution is 9.09. The molecule has 0 radical (unpaired) electrons. The Balaban J connectivity index is 2.86. The molecule has 0 saturated heterocycles. The van der Waals surface area contributed by atoms with Crippen molar-refractivity contribution in [2.24, 2.45) is 0 Å². The van der Waals surface area contributed by atoms with Gasteiger partial charge in [-0.3, -0.25) is 4.98 Å². The van der Waals surface area contributed by atoms with Crippen LogP contribution in [0.3, 0.4) is 0 Å². The zero-order chi connectivity index (χ0) is 8.10. The molecule has 0 spiro atoms. The maximum absolute atomic E-state index is 4.01. The van der Waals surface area contributed by atoms with E-state index in [-0.39, 0.29) is 0 Å². The van der Waals surface area contributed by atoms with Crippen molar-refractivity contribution < 1.29 is 0 Å². The lowest BCUT2D eigenvalue weighted by Crippen LogP contribution is -1.80. The average Bonchev–Trinajstić information content (AvgIpc) is 2.03. The van der Waals surface area contributed by atoms with E-state index in [1.165, 1.54) is 11.1 Å². The molecule has 0 N–H and O–H groups in total. The Morgan fingerprint density at radius 1 is 1.64 bits per heavy atom. The molecule has 58 valence electrons. The zero-order valence-corrected chi connectivity index (χ0v) is 8.01. The SMILES string of the molecule is Cc1cnccc1C=CCBr. The van der Waals surface area contributed by atoms with Gasteiger partial charge in [0.1, 0.15) is 0 Å². The van der Waals surface area contributed by atoms with Crippen molar-refractivity contribution in [1.82, 2.24) is 4.98 Å². The Morgan fingerprint density at radius 2 is 2.45 bits per heavy atom. The third-order valence-electron chi connectivity index (χ3n) is 1.45. The molecule has 0 atom stereocenters. The van der Waals surface area contributed by atoms with Gasteiger partial charge in [0.25, 0.3) is 0 Å². The lowest BCUT2D eigenvalue weighted by atomic mass is 10.1. The summed E-state index contributed by atoms with van der Waals surface area (Å²) in [5, 5.41) is 0.898. The summed E-state index contributed by atoms with van der Waals surface area (Å²) >= 11 is 3.33. The molecule has 1 heterocycles. The minimum absolute atomic E-state index is 0.898. The van der Waals surface area contributed by atoms with Crippen LogP contribution in [0.2, 0.25) is 0 Å². The predicted octanol–water partition coefficient (Wildman–Crippen LogP) is 2.80. The van der Waals surface area contributed by atoms with E-state index in [9.17, 15) is 0 Å². The summed E-state index contributed by atoms with van der Waals surface area (Å²) < 4.78 is 0.